The van der Waals surface area contributed by atoms with Crippen molar-refractivity contribution in [3.8, 4) is 0 Å². The summed E-state index contributed by atoms with van der Waals surface area (Å²) >= 11 is 0. The molecule has 1 unspecified atom stereocenters. The van der Waals surface area contributed by atoms with Gasteiger partial charge in [-0.1, -0.05) is 0 Å². The molecular formula is C8H16N2O3S. The lowest BCUT2D eigenvalue weighted by molar-refractivity contribution is -0.123. The van der Waals surface area contributed by atoms with Gasteiger partial charge in [0.05, 0.1) is 17.0 Å². The summed E-state index contributed by atoms with van der Waals surface area (Å²) in [6, 6.07) is -0.150. The molecule has 5 nitrogen and oxygen atoms in total. The van der Waals surface area contributed by atoms with Crippen LogP contribution < -0.4 is 11.1 Å². The zero-order chi connectivity index (χ0) is 11.0. The zero-order valence-corrected chi connectivity index (χ0v) is 9.23. The smallest absolute Gasteiger partial charge is 0.237 e. The standard InChI is InChI=1S/C8H16N2O3S/c1-8(2,7(9)11)10-6-3-4-14(12,13)5-6/h6,10H,3-5H2,1-2H3,(H2,9,11). The van der Waals surface area contributed by atoms with E-state index in [4.69, 9.17) is 5.73 Å². The number of hydrogen-bond acceptors (Lipinski definition) is 4. The lowest BCUT2D eigenvalue weighted by atomic mass is 10.0. The first-order chi connectivity index (χ1) is 6.23. The van der Waals surface area contributed by atoms with Gasteiger partial charge < -0.3 is 5.73 Å². The average molecular weight is 220 g/mol. The quantitative estimate of drug-likeness (QED) is 0.640. The molecule has 0 aromatic rings. The third-order valence-corrected chi connectivity index (χ3v) is 4.18. The predicted molar refractivity (Wildman–Crippen MR) is 53.5 cm³/mol. The number of primary amides is 1. The second-order valence-electron chi connectivity index (χ2n) is 4.23. The molecule has 3 N–H and O–H groups in total. The monoisotopic (exact) mass is 220 g/mol. The van der Waals surface area contributed by atoms with Gasteiger partial charge in [0, 0.05) is 6.04 Å². The van der Waals surface area contributed by atoms with Gasteiger partial charge in [0.1, 0.15) is 0 Å². The molecule has 0 aliphatic carbocycles. The third-order valence-electron chi connectivity index (χ3n) is 2.41. The molecule has 1 fully saturated rings. The van der Waals surface area contributed by atoms with Gasteiger partial charge >= 0.3 is 0 Å². The Morgan fingerprint density at radius 2 is 2.07 bits per heavy atom. The fourth-order valence-corrected chi connectivity index (χ4v) is 3.16. The maximum Gasteiger partial charge on any atom is 0.237 e. The van der Waals surface area contributed by atoms with E-state index in [-0.39, 0.29) is 17.5 Å². The normalized spacial score (nSPS) is 26.3. The Kier molecular flexibility index (Phi) is 2.87. The summed E-state index contributed by atoms with van der Waals surface area (Å²) in [5.41, 5.74) is 4.32. The molecule has 0 spiro atoms. The summed E-state index contributed by atoms with van der Waals surface area (Å²) in [5.74, 6) is -0.176. The van der Waals surface area contributed by atoms with Crippen molar-refractivity contribution in [2.45, 2.75) is 31.8 Å². The number of nitrogens with one attached hydrogen (secondary N) is 1. The molecule has 1 rings (SSSR count). The molecule has 6 heteroatoms. The van der Waals surface area contributed by atoms with E-state index in [1.54, 1.807) is 13.8 Å². The number of amides is 1. The number of carbonyl (C=O) groups excluding carboxylic acids is 1. The molecule has 0 bridgehead atoms. The van der Waals surface area contributed by atoms with Crippen molar-refractivity contribution >= 4 is 15.7 Å². The molecule has 1 saturated heterocycles. The summed E-state index contributed by atoms with van der Waals surface area (Å²) in [4.78, 5) is 11.0. The Hall–Kier alpha value is -0.620. The van der Waals surface area contributed by atoms with Gasteiger partial charge in [-0.15, -0.1) is 0 Å². The van der Waals surface area contributed by atoms with E-state index in [1.807, 2.05) is 0 Å². The second-order valence-corrected chi connectivity index (χ2v) is 6.46. The van der Waals surface area contributed by atoms with Crippen LogP contribution in [0, 0.1) is 0 Å². The van der Waals surface area contributed by atoms with Crippen LogP contribution in [0.3, 0.4) is 0 Å². The molecule has 1 amide bonds. The van der Waals surface area contributed by atoms with Crippen molar-refractivity contribution in [1.29, 1.82) is 0 Å². The van der Waals surface area contributed by atoms with Crippen molar-refractivity contribution in [2.75, 3.05) is 11.5 Å². The van der Waals surface area contributed by atoms with Crippen molar-refractivity contribution in [3.05, 3.63) is 0 Å². The number of sulfone groups is 1. The third kappa shape index (κ3) is 2.68. The van der Waals surface area contributed by atoms with Crippen molar-refractivity contribution < 1.29 is 13.2 Å². The minimum atomic E-state index is -2.91. The largest absolute Gasteiger partial charge is 0.368 e. The molecule has 1 aliphatic heterocycles. The first-order valence-electron chi connectivity index (χ1n) is 4.51. The van der Waals surface area contributed by atoms with E-state index in [1.165, 1.54) is 0 Å². The van der Waals surface area contributed by atoms with Crippen LogP contribution in [-0.2, 0) is 14.6 Å². The van der Waals surface area contributed by atoms with Crippen LogP contribution in [0.15, 0.2) is 0 Å². The van der Waals surface area contributed by atoms with Gasteiger partial charge in [-0.2, -0.15) is 0 Å². The van der Waals surface area contributed by atoms with Gasteiger partial charge in [-0.25, -0.2) is 8.42 Å². The molecule has 1 aliphatic rings. The Bertz CT molecular complexity index is 334. The Balaban J connectivity index is 2.60. The van der Waals surface area contributed by atoms with Crippen molar-refractivity contribution in [1.82, 2.24) is 5.32 Å². The minimum absolute atomic E-state index is 0.101. The zero-order valence-electron chi connectivity index (χ0n) is 8.41. The van der Waals surface area contributed by atoms with Gasteiger partial charge in [-0.3, -0.25) is 10.1 Å². The predicted octanol–water partition coefficient (Wildman–Crippen LogP) is -0.973. The van der Waals surface area contributed by atoms with E-state index in [9.17, 15) is 13.2 Å². The summed E-state index contributed by atoms with van der Waals surface area (Å²) in [6.45, 7) is 3.31. The highest BCUT2D eigenvalue weighted by Gasteiger charge is 2.34. The number of nitrogens with two attached hydrogens (primary N) is 1. The van der Waals surface area contributed by atoms with Crippen LogP contribution in [0.5, 0.6) is 0 Å². The topological polar surface area (TPSA) is 89.3 Å². The fourth-order valence-electron chi connectivity index (χ4n) is 1.49. The molecule has 0 aromatic heterocycles. The molecule has 0 radical (unpaired) electrons. The van der Waals surface area contributed by atoms with Crippen LogP contribution in [0.4, 0.5) is 0 Å². The Morgan fingerprint density at radius 3 is 2.43 bits per heavy atom. The van der Waals surface area contributed by atoms with E-state index in [0.29, 0.717) is 6.42 Å². The fraction of sp³-hybridized carbons (Fsp3) is 0.875. The van der Waals surface area contributed by atoms with Crippen LogP contribution in [0.25, 0.3) is 0 Å². The molecule has 0 saturated carbocycles. The van der Waals surface area contributed by atoms with E-state index < -0.39 is 21.3 Å². The highest BCUT2D eigenvalue weighted by atomic mass is 32.2. The van der Waals surface area contributed by atoms with Gasteiger partial charge in [0.2, 0.25) is 5.91 Å². The van der Waals surface area contributed by atoms with Crippen LogP contribution in [0.2, 0.25) is 0 Å². The highest BCUT2D eigenvalue weighted by molar-refractivity contribution is 7.91. The van der Waals surface area contributed by atoms with Crippen LogP contribution >= 0.6 is 0 Å². The average Bonchev–Trinajstić information content (AvgIpc) is 2.28. The molecule has 1 atom stereocenters. The molecule has 14 heavy (non-hydrogen) atoms. The Morgan fingerprint density at radius 1 is 1.50 bits per heavy atom. The lowest BCUT2D eigenvalue weighted by Gasteiger charge is -2.25. The van der Waals surface area contributed by atoms with Crippen LogP contribution in [-0.4, -0.2) is 37.4 Å². The van der Waals surface area contributed by atoms with Crippen LogP contribution in [0.1, 0.15) is 20.3 Å². The molecule has 1 heterocycles. The highest BCUT2D eigenvalue weighted by Crippen LogP contribution is 2.14. The van der Waals surface area contributed by atoms with Gasteiger partial charge in [0.25, 0.3) is 0 Å². The summed E-state index contributed by atoms with van der Waals surface area (Å²) in [7, 11) is -2.91. The van der Waals surface area contributed by atoms with E-state index in [0.717, 1.165) is 0 Å². The second kappa shape index (κ2) is 3.51. The van der Waals surface area contributed by atoms with Gasteiger partial charge in [-0.05, 0) is 20.3 Å². The summed E-state index contributed by atoms with van der Waals surface area (Å²) in [6.07, 6.45) is 0.555. The van der Waals surface area contributed by atoms with E-state index in [2.05, 4.69) is 5.32 Å². The lowest BCUT2D eigenvalue weighted by Crippen LogP contribution is -2.54. The van der Waals surface area contributed by atoms with Gasteiger partial charge in [0.15, 0.2) is 9.84 Å². The number of rotatable bonds is 3. The van der Waals surface area contributed by atoms with Crippen molar-refractivity contribution in [3.63, 3.8) is 0 Å². The molecule has 0 aromatic carbocycles. The first kappa shape index (κ1) is 11.5. The minimum Gasteiger partial charge on any atom is -0.368 e. The molecule has 82 valence electrons. The summed E-state index contributed by atoms with van der Waals surface area (Å²) < 4.78 is 22.3. The summed E-state index contributed by atoms with van der Waals surface area (Å²) in [5, 5.41) is 2.96. The first-order valence-corrected chi connectivity index (χ1v) is 6.33. The number of hydrogen-bond donors (Lipinski definition) is 2. The maximum absolute atomic E-state index is 11.1. The maximum atomic E-state index is 11.1. The molecular weight excluding hydrogens is 204 g/mol. The van der Waals surface area contributed by atoms with Crippen molar-refractivity contribution in [2.24, 2.45) is 5.73 Å². The Labute approximate surface area is 84.0 Å². The SMILES string of the molecule is CC(C)(NC1CCS(=O)(=O)C1)C(N)=O. The number of carbonyl (C=O) groups is 1. The van der Waals surface area contributed by atoms with E-state index >= 15 is 0 Å².